The quantitative estimate of drug-likeness (QED) is 0.307. The number of fused-ring (bicyclic) bond motifs is 1. The monoisotopic (exact) mass is 422 g/mol. The average Bonchev–Trinajstić information content (AvgIpc) is 3.15. The molecule has 0 aliphatic rings. The minimum atomic E-state index is -0.342. The van der Waals surface area contributed by atoms with Crippen molar-refractivity contribution in [1.82, 2.24) is 0 Å². The van der Waals surface area contributed by atoms with E-state index in [2.05, 4.69) is 63.4 Å². The van der Waals surface area contributed by atoms with Crippen LogP contribution in [0, 0.1) is 0 Å². The third-order valence-electron chi connectivity index (χ3n) is 5.49. The molecule has 1 heterocycles. The molecule has 0 aliphatic heterocycles. The molecule has 0 amide bonds. The Balaban J connectivity index is 2.25. The molecular weight excluding hydrogens is 392 g/mol. The van der Waals surface area contributed by atoms with Crippen LogP contribution >= 0.6 is 11.3 Å². The zero-order chi connectivity index (χ0) is 22.0. The Morgan fingerprint density at radius 1 is 1.00 bits per heavy atom. The van der Waals surface area contributed by atoms with Crippen molar-refractivity contribution in [1.29, 1.82) is 0 Å². The summed E-state index contributed by atoms with van der Waals surface area (Å²) in [6.45, 7) is 10.8. The van der Waals surface area contributed by atoms with Crippen molar-refractivity contribution in [3.63, 3.8) is 0 Å². The van der Waals surface area contributed by atoms with Crippen LogP contribution in [0.1, 0.15) is 63.1 Å². The van der Waals surface area contributed by atoms with Crippen LogP contribution in [0.15, 0.2) is 41.8 Å². The number of ether oxygens (including phenoxy) is 2. The summed E-state index contributed by atoms with van der Waals surface area (Å²) in [6.07, 6.45) is 1.53. The Kier molecular flexibility index (Phi) is 6.67. The number of carbonyl (C=O) groups excluding carboxylic acids is 1. The fourth-order valence-electron chi connectivity index (χ4n) is 3.67. The zero-order valence-corrected chi connectivity index (χ0v) is 19.6. The highest BCUT2D eigenvalue weighted by atomic mass is 32.1. The Hall–Kier alpha value is -2.59. The van der Waals surface area contributed by atoms with E-state index in [0.717, 1.165) is 22.4 Å². The minimum Gasteiger partial charge on any atom is -0.496 e. The highest BCUT2D eigenvalue weighted by Crippen LogP contribution is 2.44. The molecule has 0 N–H and O–H groups in total. The lowest BCUT2D eigenvalue weighted by Crippen LogP contribution is -2.00. The van der Waals surface area contributed by atoms with E-state index >= 15 is 0 Å². The van der Waals surface area contributed by atoms with Crippen LogP contribution in [0.5, 0.6) is 5.75 Å². The number of methoxy groups -OCH3 is 2. The summed E-state index contributed by atoms with van der Waals surface area (Å²) in [5.41, 5.74) is 6.74. The van der Waals surface area contributed by atoms with Gasteiger partial charge in [-0.05, 0) is 64.6 Å². The standard InChI is InChI=1S/C26H30O3S/c1-15(2)19-12-20(16(3)4)26(29-7)22(13-19)23-14-30-24-9-8-18(11-21(23)24)17(5)10-25(27)28-6/h8-16H,1-7H3/b17-10+. The molecule has 3 nitrogen and oxygen atoms in total. The highest BCUT2D eigenvalue weighted by molar-refractivity contribution is 7.17. The number of hydrogen-bond acceptors (Lipinski definition) is 4. The molecule has 3 aromatic rings. The van der Waals surface area contributed by atoms with Gasteiger partial charge < -0.3 is 9.47 Å². The van der Waals surface area contributed by atoms with Crippen molar-refractivity contribution in [2.45, 2.75) is 46.5 Å². The van der Waals surface area contributed by atoms with Crippen molar-refractivity contribution >= 4 is 33.0 Å². The molecule has 0 radical (unpaired) electrons. The average molecular weight is 423 g/mol. The van der Waals surface area contributed by atoms with Gasteiger partial charge in [-0.15, -0.1) is 11.3 Å². The van der Waals surface area contributed by atoms with E-state index in [1.54, 1.807) is 18.4 Å². The van der Waals surface area contributed by atoms with Crippen LogP contribution in [0.2, 0.25) is 0 Å². The highest BCUT2D eigenvalue weighted by Gasteiger charge is 2.19. The smallest absolute Gasteiger partial charge is 0.330 e. The zero-order valence-electron chi connectivity index (χ0n) is 18.8. The van der Waals surface area contributed by atoms with Crippen LogP contribution in [-0.2, 0) is 9.53 Å². The van der Waals surface area contributed by atoms with Crippen molar-refractivity contribution < 1.29 is 14.3 Å². The largest absolute Gasteiger partial charge is 0.496 e. The molecule has 158 valence electrons. The molecule has 2 aromatic carbocycles. The topological polar surface area (TPSA) is 35.5 Å². The van der Waals surface area contributed by atoms with Crippen molar-refractivity contribution in [2.24, 2.45) is 0 Å². The number of hydrogen-bond donors (Lipinski definition) is 0. The molecule has 0 unspecified atom stereocenters. The Morgan fingerprint density at radius 2 is 1.73 bits per heavy atom. The number of thiophene rings is 1. The summed E-state index contributed by atoms with van der Waals surface area (Å²) in [5, 5.41) is 3.38. The molecule has 0 atom stereocenters. The van der Waals surface area contributed by atoms with Crippen molar-refractivity contribution in [3.8, 4) is 16.9 Å². The van der Waals surface area contributed by atoms with E-state index in [4.69, 9.17) is 9.47 Å². The first-order valence-corrected chi connectivity index (χ1v) is 11.1. The summed E-state index contributed by atoms with van der Waals surface area (Å²) < 4.78 is 11.9. The van der Waals surface area contributed by atoms with Gasteiger partial charge in [0.25, 0.3) is 0 Å². The van der Waals surface area contributed by atoms with Gasteiger partial charge in [0.1, 0.15) is 5.75 Å². The van der Waals surface area contributed by atoms with Crippen LogP contribution in [0.3, 0.4) is 0 Å². The van der Waals surface area contributed by atoms with Gasteiger partial charge in [-0.25, -0.2) is 4.79 Å². The molecule has 0 saturated heterocycles. The second-order valence-electron chi connectivity index (χ2n) is 8.21. The second kappa shape index (κ2) is 9.05. The van der Waals surface area contributed by atoms with Gasteiger partial charge in [0.05, 0.1) is 14.2 Å². The lowest BCUT2D eigenvalue weighted by Gasteiger charge is -2.20. The number of rotatable bonds is 6. The maximum Gasteiger partial charge on any atom is 0.330 e. The predicted octanol–water partition coefficient (Wildman–Crippen LogP) is 7.40. The summed E-state index contributed by atoms with van der Waals surface area (Å²) in [5.74, 6) is 1.40. The predicted molar refractivity (Wildman–Crippen MR) is 128 cm³/mol. The summed E-state index contributed by atoms with van der Waals surface area (Å²) in [4.78, 5) is 11.7. The normalized spacial score (nSPS) is 12.1. The molecule has 4 heteroatoms. The number of allylic oxidation sites excluding steroid dienone is 1. The maximum absolute atomic E-state index is 11.7. The van der Waals surface area contributed by atoms with Gasteiger partial charge >= 0.3 is 5.97 Å². The number of benzene rings is 2. The third kappa shape index (κ3) is 4.29. The molecule has 1 aromatic heterocycles. The SMILES string of the molecule is COC(=O)/C=C(\C)c1ccc2scc(-c3cc(C(C)C)cc(C(C)C)c3OC)c2c1. The first-order chi connectivity index (χ1) is 14.3. The molecule has 0 bridgehead atoms. The lowest BCUT2D eigenvalue weighted by molar-refractivity contribution is -0.134. The first-order valence-electron chi connectivity index (χ1n) is 10.3. The van der Waals surface area contributed by atoms with Crippen LogP contribution in [0.25, 0.3) is 26.8 Å². The van der Waals surface area contributed by atoms with Gasteiger partial charge in [0.2, 0.25) is 0 Å². The second-order valence-corrected chi connectivity index (χ2v) is 9.12. The molecule has 0 spiro atoms. The Bertz CT molecular complexity index is 1100. The summed E-state index contributed by atoms with van der Waals surface area (Å²) >= 11 is 1.73. The third-order valence-corrected chi connectivity index (χ3v) is 6.45. The molecule has 30 heavy (non-hydrogen) atoms. The van der Waals surface area contributed by atoms with Gasteiger partial charge in [0, 0.05) is 27.3 Å². The summed E-state index contributed by atoms with van der Waals surface area (Å²) in [6, 6.07) is 10.9. The molecule has 0 aliphatic carbocycles. The van der Waals surface area contributed by atoms with Crippen LogP contribution < -0.4 is 4.74 Å². The van der Waals surface area contributed by atoms with Gasteiger partial charge in [-0.3, -0.25) is 0 Å². The Morgan fingerprint density at radius 3 is 2.33 bits per heavy atom. The first kappa shape index (κ1) is 22.1. The minimum absolute atomic E-state index is 0.342. The van der Waals surface area contributed by atoms with Gasteiger partial charge in [-0.1, -0.05) is 39.8 Å². The summed E-state index contributed by atoms with van der Waals surface area (Å²) in [7, 11) is 3.15. The van der Waals surface area contributed by atoms with E-state index in [-0.39, 0.29) is 5.97 Å². The lowest BCUT2D eigenvalue weighted by atomic mass is 9.89. The Labute approximate surface area is 183 Å². The maximum atomic E-state index is 11.7. The van der Waals surface area contributed by atoms with E-state index < -0.39 is 0 Å². The van der Waals surface area contributed by atoms with Gasteiger partial charge in [-0.2, -0.15) is 0 Å². The van der Waals surface area contributed by atoms with E-state index in [1.165, 1.54) is 40.0 Å². The van der Waals surface area contributed by atoms with Crippen LogP contribution in [-0.4, -0.2) is 20.2 Å². The fourth-order valence-corrected chi connectivity index (χ4v) is 4.61. The molecule has 0 fully saturated rings. The fraction of sp³-hybridized carbons (Fsp3) is 0.346. The van der Waals surface area contributed by atoms with E-state index in [0.29, 0.717) is 11.8 Å². The van der Waals surface area contributed by atoms with E-state index in [1.807, 2.05) is 6.92 Å². The number of esters is 1. The molecule has 3 rings (SSSR count). The van der Waals surface area contributed by atoms with Gasteiger partial charge in [0.15, 0.2) is 0 Å². The molecule has 0 saturated carbocycles. The number of carbonyl (C=O) groups is 1. The van der Waals surface area contributed by atoms with Crippen LogP contribution in [0.4, 0.5) is 0 Å². The van der Waals surface area contributed by atoms with E-state index in [9.17, 15) is 4.79 Å². The van der Waals surface area contributed by atoms with Crippen molar-refractivity contribution in [2.75, 3.05) is 14.2 Å². The molecular formula is C26H30O3S. The van der Waals surface area contributed by atoms with Crippen molar-refractivity contribution in [3.05, 3.63) is 58.5 Å².